The molecule has 1 saturated heterocycles. The maximum atomic E-state index is 14.9. The number of aromatic nitrogens is 2. The number of hydrogen-bond acceptors (Lipinski definition) is 7. The average molecular weight is 415 g/mol. The molecule has 0 radical (unpaired) electrons. The summed E-state index contributed by atoms with van der Waals surface area (Å²) in [7, 11) is 1.95. The molecule has 8 nitrogen and oxygen atoms in total. The van der Waals surface area contributed by atoms with Crippen LogP contribution in [0.15, 0.2) is 30.6 Å². The lowest BCUT2D eigenvalue weighted by molar-refractivity contribution is -0.143. The van der Waals surface area contributed by atoms with E-state index in [0.29, 0.717) is 23.0 Å². The molecule has 1 aromatic heterocycles. The van der Waals surface area contributed by atoms with Gasteiger partial charge in [0.25, 0.3) is 0 Å². The normalized spacial score (nSPS) is 14.3. The minimum absolute atomic E-state index is 0.227. The van der Waals surface area contributed by atoms with Crippen LogP contribution in [0.1, 0.15) is 24.8 Å². The molecule has 1 aromatic carbocycles. The lowest BCUT2D eigenvalue weighted by atomic mass is 10.00. The summed E-state index contributed by atoms with van der Waals surface area (Å²) >= 11 is 0. The van der Waals surface area contributed by atoms with E-state index in [9.17, 15) is 9.18 Å². The highest BCUT2D eigenvalue weighted by atomic mass is 19.1. The summed E-state index contributed by atoms with van der Waals surface area (Å²) in [6.07, 6.45) is 4.91. The standard InChI is InChI=1S/C21H26FN5O3/c1-27(12-14-5-7-29-8-6-14)21-25-10-16(11-26-21)17-4-2-3-15(20(17)22)13-30-19(28)9-18(23)24/h2-4,10-11,14H,5-9,12-13H2,1H3,(H3,23,24). The lowest BCUT2D eigenvalue weighted by Gasteiger charge is -2.27. The number of benzene rings is 1. The van der Waals surface area contributed by atoms with Crippen molar-refractivity contribution in [1.29, 1.82) is 5.41 Å². The van der Waals surface area contributed by atoms with Crippen LogP contribution in [0.2, 0.25) is 0 Å². The first kappa shape index (κ1) is 21.6. The van der Waals surface area contributed by atoms with Gasteiger partial charge in [0.05, 0.1) is 0 Å². The van der Waals surface area contributed by atoms with Gasteiger partial charge in [0.2, 0.25) is 5.95 Å². The third kappa shape index (κ3) is 5.73. The topological polar surface area (TPSA) is 114 Å². The summed E-state index contributed by atoms with van der Waals surface area (Å²) < 4.78 is 25.3. The molecule has 0 amide bonds. The molecule has 9 heteroatoms. The van der Waals surface area contributed by atoms with Gasteiger partial charge in [-0.3, -0.25) is 10.2 Å². The second-order valence-corrected chi connectivity index (χ2v) is 7.35. The number of hydrogen-bond donors (Lipinski definition) is 2. The number of nitrogens with two attached hydrogens (primary N) is 1. The Bertz CT molecular complexity index is 885. The minimum Gasteiger partial charge on any atom is -0.460 e. The second kappa shape index (κ2) is 10.1. The fourth-order valence-corrected chi connectivity index (χ4v) is 3.33. The van der Waals surface area contributed by atoms with Gasteiger partial charge in [-0.15, -0.1) is 0 Å². The summed E-state index contributed by atoms with van der Waals surface area (Å²) in [5.41, 5.74) is 6.25. The Morgan fingerprint density at radius 1 is 1.33 bits per heavy atom. The third-order valence-corrected chi connectivity index (χ3v) is 4.97. The van der Waals surface area contributed by atoms with E-state index in [-0.39, 0.29) is 24.4 Å². The zero-order valence-corrected chi connectivity index (χ0v) is 16.9. The maximum Gasteiger partial charge on any atom is 0.313 e. The van der Waals surface area contributed by atoms with Gasteiger partial charge in [0, 0.05) is 55.9 Å². The summed E-state index contributed by atoms with van der Waals surface area (Å²) in [4.78, 5) is 22.3. The van der Waals surface area contributed by atoms with Gasteiger partial charge >= 0.3 is 5.97 Å². The van der Waals surface area contributed by atoms with Crippen LogP contribution in [0, 0.1) is 17.1 Å². The highest BCUT2D eigenvalue weighted by Gasteiger charge is 2.18. The molecule has 3 N–H and O–H groups in total. The third-order valence-electron chi connectivity index (χ3n) is 4.97. The van der Waals surface area contributed by atoms with Crippen molar-refractivity contribution in [2.24, 2.45) is 11.7 Å². The van der Waals surface area contributed by atoms with Crippen molar-refractivity contribution in [2.75, 3.05) is 31.7 Å². The van der Waals surface area contributed by atoms with Crippen LogP contribution in [0.25, 0.3) is 11.1 Å². The van der Waals surface area contributed by atoms with Gasteiger partial charge in [-0.05, 0) is 18.8 Å². The van der Waals surface area contributed by atoms with E-state index < -0.39 is 11.8 Å². The number of ether oxygens (including phenoxy) is 2. The number of nitrogens with zero attached hydrogens (tertiary/aromatic N) is 3. The molecule has 2 heterocycles. The highest BCUT2D eigenvalue weighted by Crippen LogP contribution is 2.25. The SMILES string of the molecule is CN(CC1CCOCC1)c1ncc(-c2cccc(COC(=O)CC(=N)N)c2F)cn1. The van der Waals surface area contributed by atoms with Crippen molar-refractivity contribution in [3.8, 4) is 11.1 Å². The molecule has 0 unspecified atom stereocenters. The molecule has 30 heavy (non-hydrogen) atoms. The number of anilines is 1. The van der Waals surface area contributed by atoms with Crippen LogP contribution in [0.4, 0.5) is 10.3 Å². The van der Waals surface area contributed by atoms with Crippen LogP contribution in [0.3, 0.4) is 0 Å². The summed E-state index contributed by atoms with van der Waals surface area (Å²) in [5.74, 6) is -0.340. The molecule has 0 atom stereocenters. The zero-order chi connectivity index (χ0) is 21.5. The van der Waals surface area contributed by atoms with Crippen molar-refractivity contribution in [1.82, 2.24) is 9.97 Å². The molecule has 0 saturated carbocycles. The number of rotatable bonds is 8. The number of esters is 1. The highest BCUT2D eigenvalue weighted by molar-refractivity contribution is 5.94. The van der Waals surface area contributed by atoms with Crippen LogP contribution in [-0.2, 0) is 20.9 Å². The monoisotopic (exact) mass is 415 g/mol. The van der Waals surface area contributed by atoms with Crippen molar-refractivity contribution >= 4 is 17.8 Å². The van der Waals surface area contributed by atoms with E-state index in [1.807, 2.05) is 11.9 Å². The van der Waals surface area contributed by atoms with Gasteiger partial charge in [0.1, 0.15) is 24.7 Å². The fraction of sp³-hybridized carbons (Fsp3) is 0.429. The quantitative estimate of drug-likeness (QED) is 0.387. The predicted molar refractivity (Wildman–Crippen MR) is 111 cm³/mol. The Balaban J connectivity index is 1.66. The first-order chi connectivity index (χ1) is 14.4. The van der Waals surface area contributed by atoms with Gasteiger partial charge in [-0.2, -0.15) is 0 Å². The number of carbonyl (C=O) groups excluding carboxylic acids is 1. The van der Waals surface area contributed by atoms with E-state index in [0.717, 1.165) is 32.6 Å². The Morgan fingerprint density at radius 2 is 2.03 bits per heavy atom. The average Bonchev–Trinajstić information content (AvgIpc) is 2.73. The molecular formula is C21H26FN5O3. The van der Waals surface area contributed by atoms with E-state index in [1.165, 1.54) is 6.07 Å². The van der Waals surface area contributed by atoms with E-state index in [2.05, 4.69) is 9.97 Å². The largest absolute Gasteiger partial charge is 0.460 e. The first-order valence-electron chi connectivity index (χ1n) is 9.81. The molecule has 0 bridgehead atoms. The van der Waals surface area contributed by atoms with Crippen LogP contribution in [-0.4, -0.2) is 48.6 Å². The second-order valence-electron chi connectivity index (χ2n) is 7.35. The Labute approximate surface area is 174 Å². The lowest BCUT2D eigenvalue weighted by Crippen LogP contribution is -2.30. The molecule has 3 rings (SSSR count). The number of nitrogens with one attached hydrogen (secondary N) is 1. The van der Waals surface area contributed by atoms with Crippen LogP contribution >= 0.6 is 0 Å². The Morgan fingerprint density at radius 3 is 2.70 bits per heavy atom. The minimum atomic E-state index is -0.674. The first-order valence-corrected chi connectivity index (χ1v) is 9.81. The molecule has 1 aliphatic heterocycles. The summed E-state index contributed by atoms with van der Waals surface area (Å²) in [6.45, 7) is 2.19. The molecule has 1 fully saturated rings. The van der Waals surface area contributed by atoms with Crippen LogP contribution in [0.5, 0.6) is 0 Å². The molecular weight excluding hydrogens is 389 g/mol. The summed E-state index contributed by atoms with van der Waals surface area (Å²) in [6, 6.07) is 4.84. The maximum absolute atomic E-state index is 14.9. The molecule has 2 aromatic rings. The smallest absolute Gasteiger partial charge is 0.313 e. The molecule has 0 aliphatic carbocycles. The predicted octanol–water partition coefficient (Wildman–Crippen LogP) is 2.51. The number of halogens is 1. The van der Waals surface area contributed by atoms with E-state index in [4.69, 9.17) is 20.6 Å². The van der Waals surface area contributed by atoms with Gasteiger partial charge < -0.3 is 20.1 Å². The van der Waals surface area contributed by atoms with E-state index in [1.54, 1.807) is 24.5 Å². The Kier molecular flexibility index (Phi) is 7.29. The van der Waals surface area contributed by atoms with Crippen molar-refractivity contribution < 1.29 is 18.7 Å². The fourth-order valence-electron chi connectivity index (χ4n) is 3.33. The molecule has 160 valence electrons. The molecule has 0 spiro atoms. The summed E-state index contributed by atoms with van der Waals surface area (Å²) in [5, 5.41) is 7.10. The van der Waals surface area contributed by atoms with Crippen molar-refractivity contribution in [3.63, 3.8) is 0 Å². The van der Waals surface area contributed by atoms with Crippen LogP contribution < -0.4 is 10.6 Å². The van der Waals surface area contributed by atoms with Gasteiger partial charge in [0.15, 0.2) is 0 Å². The van der Waals surface area contributed by atoms with E-state index >= 15 is 0 Å². The Hall–Kier alpha value is -3.07. The zero-order valence-electron chi connectivity index (χ0n) is 16.9. The molecule has 1 aliphatic rings. The number of carbonyl (C=O) groups is 1. The van der Waals surface area contributed by atoms with Crippen molar-refractivity contribution in [3.05, 3.63) is 42.0 Å². The number of amidine groups is 1. The van der Waals surface area contributed by atoms with Gasteiger partial charge in [-0.1, -0.05) is 18.2 Å². The van der Waals surface area contributed by atoms with Gasteiger partial charge in [-0.25, -0.2) is 14.4 Å². The van der Waals surface area contributed by atoms with Crippen molar-refractivity contribution in [2.45, 2.75) is 25.9 Å².